The number of hydrogen-bond donors (Lipinski definition) is 1. The number of ether oxygens (including phenoxy) is 1. The van der Waals surface area contributed by atoms with E-state index in [0.717, 1.165) is 17.3 Å². The van der Waals surface area contributed by atoms with Crippen LogP contribution in [0.4, 0.5) is 4.79 Å². The number of rotatable bonds is 3. The molecule has 0 spiro atoms. The lowest BCUT2D eigenvalue weighted by Gasteiger charge is -2.33. The Morgan fingerprint density at radius 3 is 2.40 bits per heavy atom. The largest absolute Gasteiger partial charge is 0.489 e. The third kappa shape index (κ3) is 3.44. The van der Waals surface area contributed by atoms with Crippen LogP contribution >= 0.6 is 15.9 Å². The highest BCUT2D eigenvalue weighted by Crippen LogP contribution is 2.32. The molecule has 136 valence electrons. The maximum absolute atomic E-state index is 12.4. The van der Waals surface area contributed by atoms with Crippen LogP contribution in [0.5, 0.6) is 5.75 Å². The lowest BCUT2D eigenvalue weighted by atomic mass is 9.91. The topological polar surface area (TPSA) is 80.6 Å². The van der Waals surface area contributed by atoms with Crippen molar-refractivity contribution < 1.29 is 14.3 Å². The summed E-state index contributed by atoms with van der Waals surface area (Å²) in [5.41, 5.74) is -0.965. The number of aryl methyl sites for hydroxylation is 1. The highest BCUT2D eigenvalue weighted by molar-refractivity contribution is 9.10. The monoisotopic (exact) mass is 411 g/mol. The van der Waals surface area contributed by atoms with Crippen molar-refractivity contribution in [3.05, 3.63) is 27.1 Å². The van der Waals surface area contributed by atoms with Crippen molar-refractivity contribution in [3.63, 3.8) is 0 Å². The van der Waals surface area contributed by atoms with Crippen molar-refractivity contribution in [2.45, 2.75) is 57.2 Å². The molecule has 2 heterocycles. The third-order valence-corrected chi connectivity index (χ3v) is 5.43. The molecule has 1 aliphatic heterocycles. The average Bonchev–Trinajstić information content (AvgIpc) is 2.74. The molecule has 2 aliphatic rings. The highest BCUT2D eigenvalue weighted by Gasteiger charge is 2.47. The second-order valence-electron chi connectivity index (χ2n) is 7.21. The molecule has 3 amide bonds. The molecule has 1 aliphatic carbocycles. The van der Waals surface area contributed by atoms with Crippen LogP contribution in [0.2, 0.25) is 0 Å². The normalized spacial score (nSPS) is 25.8. The summed E-state index contributed by atoms with van der Waals surface area (Å²) >= 11 is 3.41. The van der Waals surface area contributed by atoms with Crippen molar-refractivity contribution >= 4 is 27.9 Å². The minimum absolute atomic E-state index is 0.0339. The van der Waals surface area contributed by atoms with Crippen molar-refractivity contribution in [2.75, 3.05) is 0 Å². The van der Waals surface area contributed by atoms with Crippen LogP contribution in [0.15, 0.2) is 21.5 Å². The van der Waals surface area contributed by atoms with Crippen LogP contribution < -0.4 is 15.6 Å². The van der Waals surface area contributed by atoms with Crippen LogP contribution in [-0.4, -0.2) is 39.1 Å². The molecule has 1 saturated heterocycles. The van der Waals surface area contributed by atoms with E-state index in [-0.39, 0.29) is 29.6 Å². The molecule has 25 heavy (non-hydrogen) atoms. The van der Waals surface area contributed by atoms with Gasteiger partial charge in [-0.15, -0.1) is 0 Å². The molecule has 2 fully saturated rings. The van der Waals surface area contributed by atoms with Crippen molar-refractivity contribution in [3.8, 4) is 5.75 Å². The number of halogens is 1. The van der Waals surface area contributed by atoms with Gasteiger partial charge in [-0.2, -0.15) is 0 Å². The molecule has 0 bridgehead atoms. The zero-order chi connectivity index (χ0) is 18.4. The van der Waals surface area contributed by atoms with Crippen LogP contribution in [0.1, 0.15) is 39.5 Å². The number of carbonyl (C=O) groups is 2. The molecule has 0 radical (unpaired) electrons. The summed E-state index contributed by atoms with van der Waals surface area (Å²) in [6.45, 7) is 3.44. The van der Waals surface area contributed by atoms with Crippen LogP contribution in [-0.2, 0) is 11.8 Å². The summed E-state index contributed by atoms with van der Waals surface area (Å²) in [5.74, 6) is 0.360. The van der Waals surface area contributed by atoms with Gasteiger partial charge >= 0.3 is 6.03 Å². The van der Waals surface area contributed by atoms with Gasteiger partial charge in [-0.3, -0.25) is 14.5 Å². The Morgan fingerprint density at radius 2 is 1.84 bits per heavy atom. The van der Waals surface area contributed by atoms with Gasteiger partial charge in [0.05, 0.1) is 10.6 Å². The van der Waals surface area contributed by atoms with Gasteiger partial charge in [0.2, 0.25) is 0 Å². The first-order chi connectivity index (χ1) is 11.7. The third-order valence-electron chi connectivity index (χ3n) is 4.84. The van der Waals surface area contributed by atoms with Gasteiger partial charge in [0.15, 0.2) is 0 Å². The zero-order valence-electron chi connectivity index (χ0n) is 14.5. The fourth-order valence-corrected chi connectivity index (χ4v) is 3.89. The second-order valence-corrected chi connectivity index (χ2v) is 8.07. The molecular weight excluding hydrogens is 390 g/mol. The number of aromatic nitrogens is 1. The van der Waals surface area contributed by atoms with Gasteiger partial charge in [0.1, 0.15) is 11.3 Å². The van der Waals surface area contributed by atoms with Crippen LogP contribution in [0, 0.1) is 0 Å². The Hall–Kier alpha value is -1.83. The number of carbonyl (C=O) groups excluding carboxylic acids is 2. The van der Waals surface area contributed by atoms with E-state index in [1.165, 1.54) is 15.5 Å². The summed E-state index contributed by atoms with van der Waals surface area (Å²) in [6.07, 6.45) is 4.49. The first kappa shape index (κ1) is 18.0. The lowest BCUT2D eigenvalue weighted by Crippen LogP contribution is -2.45. The number of pyridine rings is 1. The molecular formula is C17H22BrN3O4. The molecule has 7 nitrogen and oxygen atoms in total. The Labute approximate surface area is 154 Å². The Morgan fingerprint density at radius 1 is 1.20 bits per heavy atom. The molecule has 1 saturated carbocycles. The van der Waals surface area contributed by atoms with Crippen molar-refractivity contribution in [1.82, 2.24) is 14.8 Å². The molecule has 1 aromatic heterocycles. The summed E-state index contributed by atoms with van der Waals surface area (Å²) in [4.78, 5) is 37.6. The maximum atomic E-state index is 12.4. The van der Waals surface area contributed by atoms with E-state index in [1.807, 2.05) is 0 Å². The molecule has 0 unspecified atom stereocenters. The minimum atomic E-state index is -0.834. The predicted octanol–water partition coefficient (Wildman–Crippen LogP) is 2.17. The van der Waals surface area contributed by atoms with E-state index in [4.69, 9.17) is 4.74 Å². The van der Waals surface area contributed by atoms with Gasteiger partial charge in [-0.05, 0) is 55.5 Å². The molecule has 0 atom stereocenters. The summed E-state index contributed by atoms with van der Waals surface area (Å²) in [7, 11) is 1.68. The van der Waals surface area contributed by atoms with Gasteiger partial charge in [-0.25, -0.2) is 4.79 Å². The first-order valence-corrected chi connectivity index (χ1v) is 9.17. The van der Waals surface area contributed by atoms with Crippen molar-refractivity contribution in [2.24, 2.45) is 7.05 Å². The van der Waals surface area contributed by atoms with E-state index >= 15 is 0 Å². The maximum Gasteiger partial charge on any atom is 0.325 e. The number of nitrogens with one attached hydrogen (secondary N) is 1. The van der Waals surface area contributed by atoms with E-state index < -0.39 is 5.54 Å². The summed E-state index contributed by atoms with van der Waals surface area (Å²) < 4.78 is 8.17. The Bertz CT molecular complexity index is 766. The van der Waals surface area contributed by atoms with E-state index in [2.05, 4.69) is 21.2 Å². The molecule has 0 aromatic carbocycles. The quantitative estimate of drug-likeness (QED) is 0.772. The molecule has 8 heteroatoms. The second kappa shape index (κ2) is 6.48. The number of hydrogen-bond acceptors (Lipinski definition) is 4. The van der Waals surface area contributed by atoms with Gasteiger partial charge in [0.25, 0.3) is 11.5 Å². The summed E-state index contributed by atoms with van der Waals surface area (Å²) in [5, 5.41) is 2.72. The highest BCUT2D eigenvalue weighted by atomic mass is 79.9. The molecule has 1 N–H and O–H groups in total. The molecule has 3 rings (SSSR count). The average molecular weight is 412 g/mol. The van der Waals surface area contributed by atoms with Crippen LogP contribution in [0.25, 0.3) is 0 Å². The zero-order valence-corrected chi connectivity index (χ0v) is 16.1. The first-order valence-electron chi connectivity index (χ1n) is 8.37. The number of amides is 3. The van der Waals surface area contributed by atoms with E-state index in [9.17, 15) is 14.4 Å². The van der Waals surface area contributed by atoms with E-state index in [1.54, 1.807) is 27.1 Å². The number of urea groups is 1. The van der Waals surface area contributed by atoms with Gasteiger partial charge < -0.3 is 14.6 Å². The SMILES string of the molecule is Cn1cc(Br)c(O[C@H]2CC[C@H](N3C(=O)NC(C)(C)C3=O)CC2)cc1=O. The Kier molecular flexibility index (Phi) is 4.66. The van der Waals surface area contributed by atoms with Crippen molar-refractivity contribution in [1.29, 1.82) is 0 Å². The lowest BCUT2D eigenvalue weighted by molar-refractivity contribution is -0.132. The summed E-state index contributed by atoms with van der Waals surface area (Å²) in [6, 6.07) is 1.06. The number of nitrogens with zero attached hydrogens (tertiary/aromatic N) is 2. The number of imide groups is 1. The van der Waals surface area contributed by atoms with Gasteiger partial charge in [-0.1, -0.05) is 0 Å². The fourth-order valence-electron chi connectivity index (χ4n) is 3.38. The molecule has 1 aromatic rings. The van der Waals surface area contributed by atoms with Crippen LogP contribution in [0.3, 0.4) is 0 Å². The van der Waals surface area contributed by atoms with E-state index in [0.29, 0.717) is 18.6 Å². The predicted molar refractivity (Wildman–Crippen MR) is 95.5 cm³/mol. The Balaban J connectivity index is 1.63. The minimum Gasteiger partial charge on any atom is -0.489 e. The van der Waals surface area contributed by atoms with Gasteiger partial charge in [0, 0.05) is 25.4 Å². The smallest absolute Gasteiger partial charge is 0.325 e. The fraction of sp³-hybridized carbons (Fsp3) is 0.588. The standard InChI is InChI=1S/C17H22BrN3O4/c1-17(2)15(23)21(16(24)19-17)10-4-6-11(7-5-10)25-13-8-14(22)20(3)9-12(13)18/h8-11H,4-7H2,1-3H3,(H,19,24)/t10-,11-.